The number of hydrogen-bond acceptors (Lipinski definition) is 2. The quantitative estimate of drug-likeness (QED) is 0.593. The van der Waals surface area contributed by atoms with E-state index >= 15 is 0 Å². The number of nitrogens with one attached hydrogen (secondary N) is 1. The van der Waals surface area contributed by atoms with Gasteiger partial charge in [-0.1, -0.05) is 39.2 Å². The van der Waals surface area contributed by atoms with Gasteiger partial charge in [0.1, 0.15) is 0 Å². The average molecular weight is 308 g/mol. The third-order valence-corrected chi connectivity index (χ3v) is 6.06. The van der Waals surface area contributed by atoms with Gasteiger partial charge in [0.25, 0.3) is 0 Å². The van der Waals surface area contributed by atoms with E-state index in [2.05, 4.69) is 36.7 Å². The van der Waals surface area contributed by atoms with E-state index in [0.29, 0.717) is 0 Å². The molecule has 1 nitrogen and oxygen atoms in total. The first-order chi connectivity index (χ1) is 10.3. The lowest BCUT2D eigenvalue weighted by Gasteiger charge is -2.36. The van der Waals surface area contributed by atoms with E-state index in [4.69, 9.17) is 0 Å². The molecule has 1 N–H and O–H groups in total. The van der Waals surface area contributed by atoms with Crippen LogP contribution in [0.2, 0.25) is 0 Å². The van der Waals surface area contributed by atoms with Crippen molar-refractivity contribution in [1.82, 2.24) is 5.32 Å². The Kier molecular flexibility index (Phi) is 7.81. The summed E-state index contributed by atoms with van der Waals surface area (Å²) in [7, 11) is 0. The second-order valence-corrected chi connectivity index (χ2v) is 7.84. The van der Waals surface area contributed by atoms with Crippen molar-refractivity contribution in [2.75, 3.05) is 13.1 Å². The van der Waals surface area contributed by atoms with Crippen molar-refractivity contribution in [1.29, 1.82) is 0 Å². The van der Waals surface area contributed by atoms with Crippen molar-refractivity contribution in [3.63, 3.8) is 0 Å². The highest BCUT2D eigenvalue weighted by molar-refractivity contribution is 7.09. The van der Waals surface area contributed by atoms with E-state index in [9.17, 15) is 0 Å². The molecule has 0 saturated heterocycles. The van der Waals surface area contributed by atoms with Crippen LogP contribution in [0.15, 0.2) is 17.5 Å². The molecule has 2 heteroatoms. The number of aryl methyl sites for hydroxylation is 1. The minimum atomic E-state index is 0.921. The minimum absolute atomic E-state index is 0.921. The van der Waals surface area contributed by atoms with Gasteiger partial charge >= 0.3 is 0 Å². The summed E-state index contributed by atoms with van der Waals surface area (Å²) in [5.74, 6) is 2.87. The molecule has 1 saturated carbocycles. The normalized spacial score (nSPS) is 26.1. The van der Waals surface area contributed by atoms with Crippen molar-refractivity contribution >= 4 is 11.3 Å². The summed E-state index contributed by atoms with van der Waals surface area (Å²) in [6, 6.07) is 4.50. The van der Waals surface area contributed by atoms with E-state index in [0.717, 1.165) is 17.8 Å². The number of thiophene rings is 1. The SMILES string of the molecule is CCCNCC1CCC(CCC)CC1CCc1cccs1. The zero-order chi connectivity index (χ0) is 14.9. The number of hydrogen-bond donors (Lipinski definition) is 1. The maximum atomic E-state index is 3.68. The Bertz CT molecular complexity index is 360. The Morgan fingerprint density at radius 2 is 2.05 bits per heavy atom. The molecule has 1 aliphatic rings. The van der Waals surface area contributed by atoms with Crippen molar-refractivity contribution in [3.8, 4) is 0 Å². The molecule has 0 radical (unpaired) electrons. The molecule has 0 aliphatic heterocycles. The molecule has 120 valence electrons. The highest BCUT2D eigenvalue weighted by atomic mass is 32.1. The van der Waals surface area contributed by atoms with Crippen LogP contribution in [0.3, 0.4) is 0 Å². The van der Waals surface area contributed by atoms with Crippen LogP contribution in [0.5, 0.6) is 0 Å². The van der Waals surface area contributed by atoms with Gasteiger partial charge in [0.05, 0.1) is 0 Å². The van der Waals surface area contributed by atoms with E-state index in [1.807, 2.05) is 11.3 Å². The van der Waals surface area contributed by atoms with Gasteiger partial charge in [0.15, 0.2) is 0 Å². The zero-order valence-corrected chi connectivity index (χ0v) is 14.8. The Balaban J connectivity index is 1.84. The zero-order valence-electron chi connectivity index (χ0n) is 13.9. The third kappa shape index (κ3) is 5.75. The fourth-order valence-corrected chi connectivity index (χ4v) is 4.69. The largest absolute Gasteiger partial charge is 0.316 e. The van der Waals surface area contributed by atoms with E-state index < -0.39 is 0 Å². The van der Waals surface area contributed by atoms with E-state index in [-0.39, 0.29) is 0 Å². The first-order valence-electron chi connectivity index (χ1n) is 9.06. The predicted molar refractivity (Wildman–Crippen MR) is 95.0 cm³/mol. The van der Waals surface area contributed by atoms with Gasteiger partial charge in [-0.2, -0.15) is 0 Å². The van der Waals surface area contributed by atoms with Crippen molar-refractivity contribution in [3.05, 3.63) is 22.4 Å². The molecule has 2 rings (SSSR count). The molecule has 1 heterocycles. The third-order valence-electron chi connectivity index (χ3n) is 5.12. The lowest BCUT2D eigenvalue weighted by atomic mass is 9.71. The van der Waals surface area contributed by atoms with Crippen molar-refractivity contribution in [2.45, 2.75) is 65.2 Å². The highest BCUT2D eigenvalue weighted by Crippen LogP contribution is 2.38. The minimum Gasteiger partial charge on any atom is -0.316 e. The molecule has 0 spiro atoms. The Morgan fingerprint density at radius 1 is 1.14 bits per heavy atom. The van der Waals surface area contributed by atoms with Gasteiger partial charge in [-0.25, -0.2) is 0 Å². The second kappa shape index (κ2) is 9.63. The first-order valence-corrected chi connectivity index (χ1v) is 9.94. The molecular formula is C19H33NS. The molecule has 1 fully saturated rings. The summed E-state index contributed by atoms with van der Waals surface area (Å²) in [6.07, 6.45) is 11.2. The van der Waals surface area contributed by atoms with Crippen molar-refractivity contribution < 1.29 is 0 Å². The Hall–Kier alpha value is -0.340. The van der Waals surface area contributed by atoms with Crippen LogP contribution in [-0.2, 0) is 6.42 Å². The fourth-order valence-electron chi connectivity index (χ4n) is 3.96. The molecule has 0 bridgehead atoms. The summed E-state index contributed by atoms with van der Waals surface area (Å²) >= 11 is 1.93. The second-order valence-electron chi connectivity index (χ2n) is 6.81. The molecule has 0 amide bonds. The monoisotopic (exact) mass is 307 g/mol. The van der Waals surface area contributed by atoms with Gasteiger partial charge in [0.2, 0.25) is 0 Å². The van der Waals surface area contributed by atoms with Crippen LogP contribution in [-0.4, -0.2) is 13.1 Å². The molecule has 1 aromatic rings. The topological polar surface area (TPSA) is 12.0 Å². The van der Waals surface area contributed by atoms with Crippen LogP contribution in [0, 0.1) is 17.8 Å². The van der Waals surface area contributed by atoms with Gasteiger partial charge in [-0.3, -0.25) is 0 Å². The molecule has 21 heavy (non-hydrogen) atoms. The van der Waals surface area contributed by atoms with Crippen LogP contribution < -0.4 is 5.32 Å². The predicted octanol–water partition coefficient (Wildman–Crippen LogP) is 5.51. The summed E-state index contributed by atoms with van der Waals surface area (Å²) in [4.78, 5) is 1.58. The van der Waals surface area contributed by atoms with E-state index in [1.54, 1.807) is 4.88 Å². The number of rotatable bonds is 9. The average Bonchev–Trinajstić information content (AvgIpc) is 3.01. The summed E-state index contributed by atoms with van der Waals surface area (Å²) in [5, 5.41) is 5.90. The van der Waals surface area contributed by atoms with Gasteiger partial charge < -0.3 is 5.32 Å². The molecular weight excluding hydrogens is 274 g/mol. The lowest BCUT2D eigenvalue weighted by molar-refractivity contribution is 0.160. The van der Waals surface area contributed by atoms with Gasteiger partial charge in [-0.15, -0.1) is 11.3 Å². The van der Waals surface area contributed by atoms with Crippen LogP contribution >= 0.6 is 11.3 Å². The first kappa shape index (κ1) is 17.0. The lowest BCUT2D eigenvalue weighted by Crippen LogP contribution is -2.33. The fraction of sp³-hybridized carbons (Fsp3) is 0.789. The van der Waals surface area contributed by atoms with E-state index in [1.165, 1.54) is 64.5 Å². The molecule has 3 unspecified atom stereocenters. The maximum Gasteiger partial charge on any atom is 0.00453 e. The highest BCUT2D eigenvalue weighted by Gasteiger charge is 2.29. The summed E-state index contributed by atoms with van der Waals surface area (Å²) in [6.45, 7) is 7.04. The van der Waals surface area contributed by atoms with Crippen molar-refractivity contribution in [2.24, 2.45) is 17.8 Å². The van der Waals surface area contributed by atoms with Crippen LogP contribution in [0.4, 0.5) is 0 Å². The molecule has 0 aromatic carbocycles. The smallest absolute Gasteiger partial charge is 0.00453 e. The Morgan fingerprint density at radius 3 is 2.76 bits per heavy atom. The maximum absolute atomic E-state index is 3.68. The molecule has 1 aromatic heterocycles. The van der Waals surface area contributed by atoms with Gasteiger partial charge in [-0.05, 0) is 74.4 Å². The molecule has 1 aliphatic carbocycles. The standard InChI is InChI=1S/C19H33NS/c1-3-6-16-8-9-18(15-20-12-4-2)17(14-16)10-11-19-7-5-13-21-19/h5,7,13,16-18,20H,3-4,6,8-12,14-15H2,1-2H3. The van der Waals surface area contributed by atoms with Gasteiger partial charge in [0, 0.05) is 4.88 Å². The summed E-state index contributed by atoms with van der Waals surface area (Å²) in [5.41, 5.74) is 0. The van der Waals surface area contributed by atoms with Crippen LogP contribution in [0.25, 0.3) is 0 Å². The Labute approximate surface area is 135 Å². The van der Waals surface area contributed by atoms with Crippen LogP contribution in [0.1, 0.15) is 63.7 Å². The summed E-state index contributed by atoms with van der Waals surface area (Å²) < 4.78 is 0. The molecule has 3 atom stereocenters.